The lowest BCUT2D eigenvalue weighted by atomic mass is 10.1. The first-order chi connectivity index (χ1) is 16.8. The maximum atomic E-state index is 14.9. The number of halogens is 4. The second-order valence-electron chi connectivity index (χ2n) is 8.61. The molecule has 0 unspecified atom stereocenters. The van der Waals surface area contributed by atoms with E-state index in [1.807, 2.05) is 18.3 Å². The van der Waals surface area contributed by atoms with Gasteiger partial charge in [-0.3, -0.25) is 9.48 Å². The minimum absolute atomic E-state index is 0.00972. The molecule has 1 fully saturated rings. The Balaban J connectivity index is 1.53. The van der Waals surface area contributed by atoms with Crippen molar-refractivity contribution in [2.24, 2.45) is 7.05 Å². The number of rotatable bonds is 5. The van der Waals surface area contributed by atoms with Crippen LogP contribution in [0, 0.1) is 23.3 Å². The topological polar surface area (TPSA) is 61.1 Å². The molecule has 1 saturated heterocycles. The summed E-state index contributed by atoms with van der Waals surface area (Å²) in [7, 11) is 1.81. The minimum atomic E-state index is -1.95. The van der Waals surface area contributed by atoms with E-state index in [4.69, 9.17) is 4.74 Å². The molecule has 2 aromatic heterocycles. The molecule has 1 N–H and O–H groups in total. The molecule has 10 heteroatoms. The Morgan fingerprint density at radius 1 is 1.00 bits per heavy atom. The molecule has 1 aliphatic heterocycles. The number of fused-ring (bicyclic) bond motifs is 1. The van der Waals surface area contributed by atoms with Crippen molar-refractivity contribution < 1.29 is 27.1 Å². The quantitative estimate of drug-likeness (QED) is 0.256. The van der Waals surface area contributed by atoms with Crippen LogP contribution in [0.15, 0.2) is 42.9 Å². The molecule has 5 rings (SSSR count). The lowest BCUT2D eigenvalue weighted by Gasteiger charge is -2.23. The van der Waals surface area contributed by atoms with Crippen LogP contribution in [0.3, 0.4) is 0 Å². The third kappa shape index (κ3) is 4.29. The van der Waals surface area contributed by atoms with E-state index < -0.39 is 40.1 Å². The standard InChI is InChI=1S/C25H22F4N4O2/c1-32-12-16(10-30-32)15-4-2-14(3-5-15)11-33-13-18(25(34)31-17-6-8-35-9-7-17)19-20(26)21(27)22(28)23(29)24(19)33/h2-5,10,12-13,17H,6-9,11H2,1H3,(H,31,34). The molecule has 6 nitrogen and oxygen atoms in total. The van der Waals surface area contributed by atoms with Gasteiger partial charge >= 0.3 is 0 Å². The van der Waals surface area contributed by atoms with E-state index in [9.17, 15) is 22.4 Å². The molecule has 1 aliphatic rings. The molecule has 0 atom stereocenters. The average Bonchev–Trinajstić information content (AvgIpc) is 3.46. The van der Waals surface area contributed by atoms with Gasteiger partial charge in [0.2, 0.25) is 0 Å². The van der Waals surface area contributed by atoms with Gasteiger partial charge in [-0.25, -0.2) is 17.6 Å². The van der Waals surface area contributed by atoms with Gasteiger partial charge in [-0.05, 0) is 24.0 Å². The number of carbonyl (C=O) groups excluding carboxylic acids is 1. The van der Waals surface area contributed by atoms with E-state index in [-0.39, 0.29) is 18.2 Å². The zero-order valence-electron chi connectivity index (χ0n) is 18.8. The first kappa shape index (κ1) is 23.1. The van der Waals surface area contributed by atoms with Crippen molar-refractivity contribution in [3.05, 3.63) is 77.3 Å². The summed E-state index contributed by atoms with van der Waals surface area (Å²) in [5.74, 6) is -7.69. The summed E-state index contributed by atoms with van der Waals surface area (Å²) in [4.78, 5) is 13.0. The van der Waals surface area contributed by atoms with Crippen molar-refractivity contribution in [3.8, 4) is 11.1 Å². The maximum Gasteiger partial charge on any atom is 0.253 e. The molecule has 2 aromatic carbocycles. The van der Waals surface area contributed by atoms with Gasteiger partial charge in [-0.2, -0.15) is 5.10 Å². The van der Waals surface area contributed by atoms with Crippen molar-refractivity contribution in [2.45, 2.75) is 25.4 Å². The smallest absolute Gasteiger partial charge is 0.253 e. The van der Waals surface area contributed by atoms with Crippen molar-refractivity contribution >= 4 is 16.8 Å². The summed E-state index contributed by atoms with van der Waals surface area (Å²) in [6.07, 6.45) is 5.93. The second kappa shape index (κ2) is 9.18. The average molecular weight is 486 g/mol. The summed E-state index contributed by atoms with van der Waals surface area (Å²) in [5, 5.41) is 6.32. The number of amides is 1. The van der Waals surface area contributed by atoms with Crippen LogP contribution in [0.5, 0.6) is 0 Å². The third-order valence-electron chi connectivity index (χ3n) is 6.23. The van der Waals surface area contributed by atoms with Crippen molar-refractivity contribution in [1.82, 2.24) is 19.7 Å². The van der Waals surface area contributed by atoms with E-state index in [1.54, 1.807) is 30.1 Å². The number of hydrogen-bond acceptors (Lipinski definition) is 3. The molecule has 182 valence electrons. The minimum Gasteiger partial charge on any atom is -0.381 e. The Hall–Kier alpha value is -3.66. The third-order valence-corrected chi connectivity index (χ3v) is 6.23. The summed E-state index contributed by atoms with van der Waals surface area (Å²) < 4.78 is 66.1. The maximum absolute atomic E-state index is 14.9. The molecule has 0 aliphatic carbocycles. The van der Waals surface area contributed by atoms with Gasteiger partial charge in [0, 0.05) is 50.8 Å². The summed E-state index contributed by atoms with van der Waals surface area (Å²) >= 11 is 0. The fourth-order valence-electron chi connectivity index (χ4n) is 4.39. The number of aryl methyl sites for hydroxylation is 1. The molecule has 1 amide bonds. The summed E-state index contributed by atoms with van der Waals surface area (Å²) in [6, 6.07) is 7.03. The highest BCUT2D eigenvalue weighted by Gasteiger charge is 2.29. The Morgan fingerprint density at radius 3 is 2.34 bits per heavy atom. The van der Waals surface area contributed by atoms with Crippen LogP contribution in [0.4, 0.5) is 17.6 Å². The monoisotopic (exact) mass is 486 g/mol. The van der Waals surface area contributed by atoms with Crippen LogP contribution in [-0.2, 0) is 18.3 Å². The van der Waals surface area contributed by atoms with Gasteiger partial charge in [0.15, 0.2) is 23.3 Å². The molecule has 0 spiro atoms. The number of ether oxygens (including phenoxy) is 1. The zero-order chi connectivity index (χ0) is 24.7. The molecule has 4 aromatic rings. The number of nitrogens with zero attached hydrogens (tertiary/aromatic N) is 3. The SMILES string of the molecule is Cn1cc(-c2ccc(Cn3cc(C(=O)NC4CCOCC4)c4c(F)c(F)c(F)c(F)c43)cc2)cn1. The normalized spacial score (nSPS) is 14.5. The number of nitrogens with one attached hydrogen (secondary N) is 1. The fraction of sp³-hybridized carbons (Fsp3) is 0.280. The van der Waals surface area contributed by atoms with Crippen LogP contribution in [0.2, 0.25) is 0 Å². The van der Waals surface area contributed by atoms with Gasteiger partial charge in [0.25, 0.3) is 5.91 Å². The largest absolute Gasteiger partial charge is 0.381 e. The molecular weight excluding hydrogens is 464 g/mol. The van der Waals surface area contributed by atoms with Crippen molar-refractivity contribution in [1.29, 1.82) is 0 Å². The predicted octanol–water partition coefficient (Wildman–Crippen LogP) is 4.56. The van der Waals surface area contributed by atoms with Crippen LogP contribution in [0.25, 0.3) is 22.0 Å². The highest BCUT2D eigenvalue weighted by Crippen LogP contribution is 2.32. The molecule has 3 heterocycles. The molecule has 0 saturated carbocycles. The highest BCUT2D eigenvalue weighted by atomic mass is 19.2. The molecule has 0 radical (unpaired) electrons. The number of carbonyl (C=O) groups is 1. The first-order valence-electron chi connectivity index (χ1n) is 11.1. The van der Waals surface area contributed by atoms with Crippen LogP contribution < -0.4 is 5.32 Å². The van der Waals surface area contributed by atoms with Crippen LogP contribution in [0.1, 0.15) is 28.8 Å². The summed E-state index contributed by atoms with van der Waals surface area (Å²) in [6.45, 7) is 0.935. The lowest BCUT2D eigenvalue weighted by molar-refractivity contribution is 0.0697. The predicted molar refractivity (Wildman–Crippen MR) is 121 cm³/mol. The van der Waals surface area contributed by atoms with E-state index in [0.29, 0.717) is 31.6 Å². The lowest BCUT2D eigenvalue weighted by Crippen LogP contribution is -2.38. The Labute approximate surface area is 198 Å². The van der Waals surface area contributed by atoms with E-state index >= 15 is 0 Å². The van der Waals surface area contributed by atoms with Crippen LogP contribution in [-0.4, -0.2) is 39.5 Å². The van der Waals surface area contributed by atoms with Gasteiger partial charge in [-0.15, -0.1) is 0 Å². The van der Waals surface area contributed by atoms with Crippen LogP contribution >= 0.6 is 0 Å². The Kier molecular flexibility index (Phi) is 6.06. The number of benzene rings is 2. The van der Waals surface area contributed by atoms with E-state index in [0.717, 1.165) is 11.1 Å². The van der Waals surface area contributed by atoms with E-state index in [2.05, 4.69) is 10.4 Å². The Morgan fingerprint density at radius 2 is 1.69 bits per heavy atom. The first-order valence-corrected chi connectivity index (χ1v) is 11.1. The van der Waals surface area contributed by atoms with Gasteiger partial charge in [-0.1, -0.05) is 24.3 Å². The number of aromatic nitrogens is 3. The summed E-state index contributed by atoms with van der Waals surface area (Å²) in [5.41, 5.74) is 1.74. The van der Waals surface area contributed by atoms with Gasteiger partial charge in [0.1, 0.15) is 0 Å². The molecule has 0 bridgehead atoms. The fourth-order valence-corrected chi connectivity index (χ4v) is 4.39. The van der Waals surface area contributed by atoms with Gasteiger partial charge in [0.05, 0.1) is 22.7 Å². The molecular formula is C25H22F4N4O2. The van der Waals surface area contributed by atoms with Crippen molar-refractivity contribution in [3.63, 3.8) is 0 Å². The Bertz CT molecular complexity index is 1410. The van der Waals surface area contributed by atoms with Crippen molar-refractivity contribution in [2.75, 3.05) is 13.2 Å². The van der Waals surface area contributed by atoms with E-state index in [1.165, 1.54) is 10.8 Å². The highest BCUT2D eigenvalue weighted by molar-refractivity contribution is 6.07. The second-order valence-corrected chi connectivity index (χ2v) is 8.61. The number of hydrogen-bond donors (Lipinski definition) is 1. The zero-order valence-corrected chi connectivity index (χ0v) is 18.8. The van der Waals surface area contributed by atoms with Gasteiger partial charge < -0.3 is 14.6 Å². The molecule has 35 heavy (non-hydrogen) atoms.